The molecule has 1 amide bonds. The van der Waals surface area contributed by atoms with Crippen molar-refractivity contribution in [3.63, 3.8) is 0 Å². The molecule has 3 aromatic rings. The fourth-order valence-corrected chi connectivity index (χ4v) is 6.29. The van der Waals surface area contributed by atoms with Crippen LogP contribution in [0.3, 0.4) is 0 Å². The first-order valence-corrected chi connectivity index (χ1v) is 14.5. The van der Waals surface area contributed by atoms with Gasteiger partial charge in [0, 0.05) is 11.4 Å². The summed E-state index contributed by atoms with van der Waals surface area (Å²) in [6.07, 6.45) is -8.16. The Morgan fingerprint density at radius 3 is 2.07 bits per heavy atom. The zero-order chi connectivity index (χ0) is 32.4. The molecule has 0 atom stereocenters. The van der Waals surface area contributed by atoms with Gasteiger partial charge in [0.05, 0.1) is 42.4 Å². The van der Waals surface area contributed by atoms with Crippen molar-refractivity contribution in [2.24, 2.45) is 0 Å². The van der Waals surface area contributed by atoms with E-state index in [0.29, 0.717) is 23.4 Å². The van der Waals surface area contributed by atoms with Crippen molar-refractivity contribution in [1.29, 1.82) is 0 Å². The van der Waals surface area contributed by atoms with Gasteiger partial charge >= 0.3 is 18.3 Å². The lowest BCUT2D eigenvalue weighted by Crippen LogP contribution is -2.30. The second-order valence-corrected chi connectivity index (χ2v) is 11.7. The van der Waals surface area contributed by atoms with E-state index in [9.17, 15) is 41.0 Å². The summed E-state index contributed by atoms with van der Waals surface area (Å²) in [5, 5.41) is 10.7. The topological polar surface area (TPSA) is 85.3 Å². The maximum atomic E-state index is 13.3. The number of carbonyl (C=O) groups excluding carboxylic acids is 1. The van der Waals surface area contributed by atoms with Gasteiger partial charge in [0.1, 0.15) is 4.32 Å². The van der Waals surface area contributed by atoms with Crippen molar-refractivity contribution in [3.05, 3.63) is 68.3 Å². The van der Waals surface area contributed by atoms with Gasteiger partial charge in [0.2, 0.25) is 5.75 Å². The third-order valence-corrected chi connectivity index (χ3v) is 8.43. The Balaban J connectivity index is 1.45. The highest BCUT2D eigenvalue weighted by Gasteiger charge is 2.37. The number of benzene rings is 2. The van der Waals surface area contributed by atoms with Crippen molar-refractivity contribution < 1.29 is 55.2 Å². The number of rotatable bonds is 10. The van der Waals surface area contributed by atoms with E-state index in [0.717, 1.165) is 23.1 Å². The zero-order valence-corrected chi connectivity index (χ0v) is 25.1. The quantitative estimate of drug-likeness (QED) is 0.101. The van der Waals surface area contributed by atoms with Crippen molar-refractivity contribution in [2.45, 2.75) is 18.8 Å². The molecule has 234 valence electrons. The summed E-state index contributed by atoms with van der Waals surface area (Å²) in [6, 6.07) is 5.32. The van der Waals surface area contributed by atoms with Gasteiger partial charge in [-0.3, -0.25) is 9.69 Å². The highest BCUT2D eigenvalue weighted by Crippen LogP contribution is 2.41. The first kappa shape index (κ1) is 33.1. The number of thiophene rings is 1. The van der Waals surface area contributed by atoms with Crippen LogP contribution in [0.4, 0.5) is 26.3 Å². The van der Waals surface area contributed by atoms with Crippen LogP contribution >= 0.6 is 35.3 Å². The Hall–Kier alpha value is -3.76. The number of aromatic carboxylic acids is 1. The van der Waals surface area contributed by atoms with Gasteiger partial charge in [0.25, 0.3) is 5.91 Å². The fourth-order valence-electron chi connectivity index (χ4n) is 4.07. The lowest BCUT2D eigenvalue weighted by molar-refractivity contribution is -0.143. The number of alkyl halides is 6. The average Bonchev–Trinajstić information content (AvgIpc) is 3.53. The first-order chi connectivity index (χ1) is 20.6. The van der Waals surface area contributed by atoms with E-state index in [2.05, 4.69) is 0 Å². The van der Waals surface area contributed by atoms with Crippen LogP contribution in [0.25, 0.3) is 17.2 Å². The third-order valence-electron chi connectivity index (χ3n) is 6.17. The number of halogens is 6. The van der Waals surface area contributed by atoms with Gasteiger partial charge in [-0.25, -0.2) is 4.79 Å². The largest absolute Gasteiger partial charge is 0.493 e. The molecule has 44 heavy (non-hydrogen) atoms. The summed E-state index contributed by atoms with van der Waals surface area (Å²) >= 11 is 7.38. The van der Waals surface area contributed by atoms with Crippen molar-refractivity contribution in [2.75, 3.05) is 27.4 Å². The van der Waals surface area contributed by atoms with Gasteiger partial charge in [-0.05, 0) is 65.4 Å². The summed E-state index contributed by atoms with van der Waals surface area (Å²) < 4.78 is 96.1. The van der Waals surface area contributed by atoms with E-state index in [4.69, 9.17) is 26.4 Å². The minimum Gasteiger partial charge on any atom is -0.493 e. The SMILES string of the molecule is COc1cc(C(=O)O)cc(OC)c1OCCCN1C(=O)/C(=C/c2cc(-c3cc(C(F)(F)F)cc(C(F)(F)F)c3)cs2)SC1=S. The molecule has 7 nitrogen and oxygen atoms in total. The molecule has 0 radical (unpaired) electrons. The summed E-state index contributed by atoms with van der Waals surface area (Å²) in [4.78, 5) is 26.4. The number of carboxylic acid groups (broad SMARTS) is 1. The molecule has 0 aliphatic carbocycles. The van der Waals surface area contributed by atoms with Crippen LogP contribution in [0.5, 0.6) is 17.2 Å². The van der Waals surface area contributed by atoms with Crippen LogP contribution < -0.4 is 14.2 Å². The molecule has 1 saturated heterocycles. The lowest BCUT2D eigenvalue weighted by Gasteiger charge is -2.17. The fraction of sp³-hybridized carbons (Fsp3) is 0.250. The molecule has 1 aromatic heterocycles. The summed E-state index contributed by atoms with van der Waals surface area (Å²) in [7, 11) is 2.69. The molecule has 1 aliphatic rings. The molecular weight excluding hydrogens is 656 g/mol. The molecule has 16 heteroatoms. The molecule has 0 saturated carbocycles. The van der Waals surface area contributed by atoms with Gasteiger partial charge in [-0.15, -0.1) is 11.3 Å². The minimum absolute atomic E-state index is 0.0610. The van der Waals surface area contributed by atoms with E-state index in [-0.39, 0.29) is 62.4 Å². The number of carboxylic acids is 1. The number of thiocarbonyl (C=S) groups is 1. The summed E-state index contributed by atoms with van der Waals surface area (Å²) in [5.74, 6) is -1.13. The van der Waals surface area contributed by atoms with Gasteiger partial charge in [0.15, 0.2) is 11.5 Å². The summed E-state index contributed by atoms with van der Waals surface area (Å²) in [6.45, 7) is 0.250. The molecule has 2 aromatic carbocycles. The monoisotopic (exact) mass is 677 g/mol. The number of methoxy groups -OCH3 is 2. The van der Waals surface area contributed by atoms with E-state index in [1.807, 2.05) is 0 Å². The second-order valence-electron chi connectivity index (χ2n) is 9.08. The first-order valence-electron chi connectivity index (χ1n) is 12.4. The van der Waals surface area contributed by atoms with Crippen LogP contribution in [0.1, 0.15) is 32.8 Å². The number of nitrogens with zero attached hydrogens (tertiary/aromatic N) is 1. The molecule has 0 spiro atoms. The molecule has 0 unspecified atom stereocenters. The second kappa shape index (κ2) is 13.1. The Morgan fingerprint density at radius 1 is 0.955 bits per heavy atom. The number of hydrogen-bond donors (Lipinski definition) is 1. The van der Waals surface area contributed by atoms with E-state index in [1.165, 1.54) is 48.8 Å². The number of ether oxygens (including phenoxy) is 3. The molecule has 1 aliphatic heterocycles. The smallest absolute Gasteiger partial charge is 0.416 e. The highest BCUT2D eigenvalue weighted by molar-refractivity contribution is 8.26. The van der Waals surface area contributed by atoms with E-state index in [1.54, 1.807) is 0 Å². The van der Waals surface area contributed by atoms with Crippen molar-refractivity contribution in [1.82, 2.24) is 4.90 Å². The number of hydrogen-bond acceptors (Lipinski definition) is 8. The van der Waals surface area contributed by atoms with Crippen LogP contribution in [0.15, 0.2) is 46.7 Å². The predicted molar refractivity (Wildman–Crippen MR) is 156 cm³/mol. The third kappa shape index (κ3) is 7.47. The summed E-state index contributed by atoms with van der Waals surface area (Å²) in [5.41, 5.74) is -3.04. The Morgan fingerprint density at radius 2 is 1.55 bits per heavy atom. The molecule has 1 N–H and O–H groups in total. The Labute approximate surface area is 260 Å². The maximum Gasteiger partial charge on any atom is 0.416 e. The molecular formula is C28H21F6NO6S3. The van der Waals surface area contributed by atoms with Crippen LogP contribution in [0, 0.1) is 0 Å². The highest BCUT2D eigenvalue weighted by atomic mass is 32.2. The standard InChI is InChI=1S/C28H21F6NO6S3/c1-39-20-9-15(25(37)38)10-21(40-2)23(20)41-5-3-4-35-24(36)22(44-26(35)42)12-19-8-16(13-43-19)14-6-17(27(29,30)31)11-18(7-14)28(32,33)34/h6-13H,3-5H2,1-2H3,(H,37,38)/b22-12-. The predicted octanol–water partition coefficient (Wildman–Crippen LogP) is 7.84. The lowest BCUT2D eigenvalue weighted by atomic mass is 10.0. The minimum atomic E-state index is -4.98. The maximum absolute atomic E-state index is 13.3. The van der Waals surface area contributed by atoms with Crippen LogP contribution in [-0.4, -0.2) is 53.6 Å². The zero-order valence-electron chi connectivity index (χ0n) is 22.7. The van der Waals surface area contributed by atoms with Gasteiger partial charge < -0.3 is 19.3 Å². The van der Waals surface area contributed by atoms with E-state index < -0.39 is 35.4 Å². The Bertz CT molecular complexity index is 1580. The van der Waals surface area contributed by atoms with Crippen molar-refractivity contribution in [3.8, 4) is 28.4 Å². The van der Waals surface area contributed by atoms with Crippen LogP contribution in [0.2, 0.25) is 0 Å². The van der Waals surface area contributed by atoms with Crippen LogP contribution in [-0.2, 0) is 17.1 Å². The molecule has 4 rings (SSSR count). The van der Waals surface area contributed by atoms with E-state index >= 15 is 0 Å². The average molecular weight is 678 g/mol. The van der Waals surface area contributed by atoms with Gasteiger partial charge in [-0.1, -0.05) is 24.0 Å². The van der Waals surface area contributed by atoms with Crippen molar-refractivity contribution >= 4 is 57.6 Å². The molecule has 0 bridgehead atoms. The number of thioether (sulfide) groups is 1. The molecule has 2 heterocycles. The number of amides is 1. The normalized spacial score (nSPS) is 14.8. The number of carbonyl (C=O) groups is 2. The Kier molecular flexibility index (Phi) is 9.85. The van der Waals surface area contributed by atoms with Gasteiger partial charge in [-0.2, -0.15) is 26.3 Å². The molecule has 1 fully saturated rings.